The first-order valence-electron chi connectivity index (χ1n) is 12.2. The zero-order chi connectivity index (χ0) is 22.7. The van der Waals surface area contributed by atoms with Crippen molar-refractivity contribution in [2.75, 3.05) is 0 Å². The topological polar surface area (TPSA) is 63.6 Å². The van der Waals surface area contributed by atoms with Crippen molar-refractivity contribution in [3.8, 4) is 0 Å². The van der Waals surface area contributed by atoms with Gasteiger partial charge in [0.25, 0.3) is 0 Å². The Hall–Kier alpha value is -2.10. The molecular weight excluding hydrogens is 388 g/mol. The van der Waals surface area contributed by atoms with Gasteiger partial charge in [-0.1, -0.05) is 82.6 Å². The second-order valence-corrected chi connectivity index (χ2v) is 8.44. The molecule has 4 nitrogen and oxygen atoms in total. The third kappa shape index (κ3) is 13.0. The van der Waals surface area contributed by atoms with Crippen molar-refractivity contribution in [1.82, 2.24) is 0 Å². The lowest BCUT2D eigenvalue weighted by Crippen LogP contribution is -2.17. The number of hydrogen-bond donors (Lipinski definition) is 1. The molecule has 0 bridgehead atoms. The number of hydrogen-bond acceptors (Lipinski definition) is 3. The van der Waals surface area contributed by atoms with E-state index >= 15 is 0 Å². The highest BCUT2D eigenvalue weighted by molar-refractivity contribution is 6.02. The molecule has 1 rings (SSSR count). The summed E-state index contributed by atoms with van der Waals surface area (Å²) in [6.07, 6.45) is 21.7. The highest BCUT2D eigenvalue weighted by Crippen LogP contribution is 2.15. The fraction of sp³-hybridized carbons (Fsp3) is 0.630. The number of esters is 1. The summed E-state index contributed by atoms with van der Waals surface area (Å²) in [5, 5.41) is 9.19. The largest absolute Gasteiger partial charge is 0.478 e. The van der Waals surface area contributed by atoms with Crippen LogP contribution in [0.15, 0.2) is 36.4 Å². The van der Waals surface area contributed by atoms with E-state index in [1.54, 1.807) is 12.1 Å². The maximum atomic E-state index is 12.2. The van der Waals surface area contributed by atoms with Gasteiger partial charge in [0.2, 0.25) is 0 Å². The van der Waals surface area contributed by atoms with E-state index in [0.717, 1.165) is 19.3 Å². The minimum atomic E-state index is -1.11. The van der Waals surface area contributed by atoms with Gasteiger partial charge in [-0.25, -0.2) is 9.59 Å². The van der Waals surface area contributed by atoms with E-state index in [0.29, 0.717) is 0 Å². The molecule has 0 radical (unpaired) electrons. The molecule has 0 aromatic heterocycles. The average Bonchev–Trinajstić information content (AvgIpc) is 2.76. The SMILES string of the molecule is CCCCCCCCC=CCCCCCCCC(C)OC(=O)c1ccccc1C(=O)O. The predicted octanol–water partition coefficient (Wildman–Crippen LogP) is 7.97. The number of rotatable bonds is 18. The smallest absolute Gasteiger partial charge is 0.339 e. The first-order chi connectivity index (χ1) is 15.1. The molecule has 0 heterocycles. The lowest BCUT2D eigenvalue weighted by atomic mass is 10.1. The number of unbranched alkanes of at least 4 members (excludes halogenated alkanes) is 11. The van der Waals surface area contributed by atoms with Crippen LogP contribution in [-0.2, 0) is 4.74 Å². The molecule has 0 aliphatic rings. The molecule has 174 valence electrons. The third-order valence-electron chi connectivity index (χ3n) is 5.56. The number of carbonyl (C=O) groups excluding carboxylic acids is 1. The first-order valence-corrected chi connectivity index (χ1v) is 12.2. The van der Waals surface area contributed by atoms with Crippen molar-refractivity contribution in [3.63, 3.8) is 0 Å². The maximum absolute atomic E-state index is 12.2. The Bertz CT molecular complexity index is 650. The van der Waals surface area contributed by atoms with Crippen molar-refractivity contribution < 1.29 is 19.4 Å². The summed E-state index contributed by atoms with van der Waals surface area (Å²) in [5.74, 6) is -1.67. The van der Waals surface area contributed by atoms with Gasteiger partial charge in [-0.3, -0.25) is 0 Å². The van der Waals surface area contributed by atoms with Gasteiger partial charge >= 0.3 is 11.9 Å². The van der Waals surface area contributed by atoms with Crippen LogP contribution in [0.1, 0.15) is 124 Å². The summed E-state index contributed by atoms with van der Waals surface area (Å²) in [6, 6.07) is 6.18. The van der Waals surface area contributed by atoms with E-state index in [-0.39, 0.29) is 17.2 Å². The fourth-order valence-electron chi connectivity index (χ4n) is 3.66. The second-order valence-electron chi connectivity index (χ2n) is 8.44. The summed E-state index contributed by atoms with van der Waals surface area (Å²) >= 11 is 0. The van der Waals surface area contributed by atoms with Gasteiger partial charge in [0.05, 0.1) is 17.2 Å². The molecule has 1 N–H and O–H groups in total. The van der Waals surface area contributed by atoms with Crippen LogP contribution in [0.25, 0.3) is 0 Å². The van der Waals surface area contributed by atoms with Crippen molar-refractivity contribution in [2.24, 2.45) is 0 Å². The summed E-state index contributed by atoms with van der Waals surface area (Å²) in [4.78, 5) is 23.5. The van der Waals surface area contributed by atoms with Gasteiger partial charge in [-0.15, -0.1) is 0 Å². The van der Waals surface area contributed by atoms with Gasteiger partial charge in [-0.2, -0.15) is 0 Å². The Morgan fingerprint density at radius 2 is 1.35 bits per heavy atom. The zero-order valence-electron chi connectivity index (χ0n) is 19.6. The van der Waals surface area contributed by atoms with Crippen LogP contribution in [0, 0.1) is 0 Å². The van der Waals surface area contributed by atoms with Crippen LogP contribution >= 0.6 is 0 Å². The molecule has 1 unspecified atom stereocenters. The number of benzene rings is 1. The molecule has 0 amide bonds. The number of carbonyl (C=O) groups is 2. The van der Waals surface area contributed by atoms with Gasteiger partial charge in [-0.05, 0) is 57.6 Å². The summed E-state index contributed by atoms with van der Waals surface area (Å²) in [6.45, 7) is 4.13. The molecule has 1 atom stereocenters. The van der Waals surface area contributed by atoms with Gasteiger partial charge in [0, 0.05) is 0 Å². The van der Waals surface area contributed by atoms with Crippen LogP contribution in [0.2, 0.25) is 0 Å². The highest BCUT2D eigenvalue weighted by atomic mass is 16.5. The molecule has 0 saturated carbocycles. The quantitative estimate of drug-likeness (QED) is 0.146. The standard InChI is InChI=1S/C27H42O4/c1-3-4-5-6-7-8-9-10-11-12-13-14-15-16-17-20-23(2)31-27(30)25-22-19-18-21-24(25)26(28)29/h10-11,18-19,21-23H,3-9,12-17,20H2,1-2H3,(H,28,29). The van der Waals surface area contributed by atoms with E-state index in [1.165, 1.54) is 82.8 Å². The van der Waals surface area contributed by atoms with E-state index in [2.05, 4.69) is 19.1 Å². The molecule has 0 aliphatic carbocycles. The zero-order valence-corrected chi connectivity index (χ0v) is 19.6. The van der Waals surface area contributed by atoms with Crippen LogP contribution in [0.4, 0.5) is 0 Å². The first kappa shape index (κ1) is 26.9. The third-order valence-corrected chi connectivity index (χ3v) is 5.56. The highest BCUT2D eigenvalue weighted by Gasteiger charge is 2.18. The van der Waals surface area contributed by atoms with Crippen molar-refractivity contribution in [1.29, 1.82) is 0 Å². The normalized spacial score (nSPS) is 12.2. The van der Waals surface area contributed by atoms with Crippen LogP contribution in [-0.4, -0.2) is 23.1 Å². The monoisotopic (exact) mass is 430 g/mol. The Morgan fingerprint density at radius 3 is 1.94 bits per heavy atom. The summed E-state index contributed by atoms with van der Waals surface area (Å²) in [7, 11) is 0. The molecule has 4 heteroatoms. The summed E-state index contributed by atoms with van der Waals surface area (Å²) in [5.41, 5.74) is 0.104. The Balaban J connectivity index is 2.02. The number of carboxylic acids is 1. The van der Waals surface area contributed by atoms with Crippen LogP contribution in [0.3, 0.4) is 0 Å². The number of aromatic carboxylic acids is 1. The number of carboxylic acid groups (broad SMARTS) is 1. The minimum Gasteiger partial charge on any atom is -0.478 e. The Labute approximate surface area is 189 Å². The van der Waals surface area contributed by atoms with Crippen molar-refractivity contribution >= 4 is 11.9 Å². The van der Waals surface area contributed by atoms with Gasteiger partial charge in [0.1, 0.15) is 0 Å². The Morgan fingerprint density at radius 1 is 0.839 bits per heavy atom. The fourth-order valence-corrected chi connectivity index (χ4v) is 3.66. The van der Waals surface area contributed by atoms with Gasteiger partial charge < -0.3 is 9.84 Å². The lowest BCUT2D eigenvalue weighted by molar-refractivity contribution is 0.0313. The molecule has 0 spiro atoms. The van der Waals surface area contributed by atoms with Crippen LogP contribution in [0.5, 0.6) is 0 Å². The van der Waals surface area contributed by atoms with E-state index in [9.17, 15) is 14.7 Å². The lowest BCUT2D eigenvalue weighted by Gasteiger charge is -2.14. The Kier molecular flexibility index (Phi) is 15.3. The predicted molar refractivity (Wildman–Crippen MR) is 128 cm³/mol. The number of ether oxygens (including phenoxy) is 1. The van der Waals surface area contributed by atoms with E-state index in [1.807, 2.05) is 6.92 Å². The van der Waals surface area contributed by atoms with E-state index < -0.39 is 11.9 Å². The molecule has 0 aliphatic heterocycles. The molecule has 31 heavy (non-hydrogen) atoms. The molecule has 0 fully saturated rings. The number of allylic oxidation sites excluding steroid dienone is 2. The van der Waals surface area contributed by atoms with E-state index in [4.69, 9.17) is 4.74 Å². The molecule has 0 saturated heterocycles. The molecule has 1 aromatic carbocycles. The van der Waals surface area contributed by atoms with Crippen molar-refractivity contribution in [2.45, 2.75) is 110 Å². The molecule has 1 aromatic rings. The minimum absolute atomic E-state index is 0.0132. The second kappa shape index (κ2) is 17.6. The molecular formula is C27H42O4. The van der Waals surface area contributed by atoms with Crippen molar-refractivity contribution in [3.05, 3.63) is 47.5 Å². The van der Waals surface area contributed by atoms with Gasteiger partial charge in [0.15, 0.2) is 0 Å². The average molecular weight is 431 g/mol. The maximum Gasteiger partial charge on any atom is 0.339 e. The summed E-state index contributed by atoms with van der Waals surface area (Å²) < 4.78 is 5.43. The van der Waals surface area contributed by atoms with Crippen LogP contribution < -0.4 is 0 Å².